The second kappa shape index (κ2) is 7.04. The van der Waals surface area contributed by atoms with Gasteiger partial charge in [0.25, 0.3) is 0 Å². The molecule has 0 atom stereocenters. The van der Waals surface area contributed by atoms with Crippen molar-refractivity contribution in [2.75, 3.05) is 36.5 Å². The molecule has 0 bridgehead atoms. The van der Waals surface area contributed by atoms with E-state index < -0.39 is 0 Å². The molecule has 1 aliphatic rings. The summed E-state index contributed by atoms with van der Waals surface area (Å²) in [6, 6.07) is 13.3. The Labute approximate surface area is 155 Å². The first-order valence-electron chi connectivity index (χ1n) is 8.02. The first-order valence-corrected chi connectivity index (χ1v) is 8.77. The van der Waals surface area contributed by atoms with Gasteiger partial charge in [0.15, 0.2) is 0 Å². The monoisotopic (exact) mass is 374 g/mol. The number of nitrogens with one attached hydrogen (secondary N) is 1. The number of nitrogens with zero attached hydrogens (tertiary/aromatic N) is 3. The van der Waals surface area contributed by atoms with Crippen molar-refractivity contribution in [1.82, 2.24) is 9.97 Å². The predicted molar refractivity (Wildman–Crippen MR) is 102 cm³/mol. The van der Waals surface area contributed by atoms with E-state index in [1.165, 1.54) is 0 Å². The number of benzene rings is 2. The Morgan fingerprint density at radius 3 is 2.44 bits per heavy atom. The molecule has 128 valence electrons. The van der Waals surface area contributed by atoms with E-state index in [0.29, 0.717) is 29.2 Å². The maximum atomic E-state index is 6.08. The zero-order valence-electron chi connectivity index (χ0n) is 13.4. The van der Waals surface area contributed by atoms with Gasteiger partial charge in [-0.1, -0.05) is 35.3 Å². The van der Waals surface area contributed by atoms with E-state index in [4.69, 9.17) is 32.9 Å². The Morgan fingerprint density at radius 2 is 1.68 bits per heavy atom. The van der Waals surface area contributed by atoms with E-state index in [2.05, 4.69) is 15.2 Å². The number of hydrogen-bond donors (Lipinski definition) is 1. The number of ether oxygens (including phenoxy) is 1. The van der Waals surface area contributed by atoms with Crippen molar-refractivity contribution in [3.63, 3.8) is 0 Å². The van der Waals surface area contributed by atoms with E-state index in [9.17, 15) is 0 Å². The van der Waals surface area contributed by atoms with Crippen LogP contribution in [0.2, 0.25) is 10.0 Å². The highest BCUT2D eigenvalue weighted by Gasteiger charge is 2.17. The maximum Gasteiger partial charge on any atom is 0.229 e. The van der Waals surface area contributed by atoms with Crippen LogP contribution < -0.4 is 10.2 Å². The number of fused-ring (bicyclic) bond motifs is 1. The number of hydrogen-bond acceptors (Lipinski definition) is 5. The molecule has 2 heterocycles. The maximum absolute atomic E-state index is 6.08. The molecule has 1 aliphatic heterocycles. The summed E-state index contributed by atoms with van der Waals surface area (Å²) in [6.07, 6.45) is 0. The van der Waals surface area contributed by atoms with Crippen LogP contribution in [0.4, 0.5) is 17.5 Å². The van der Waals surface area contributed by atoms with Gasteiger partial charge in [-0.05, 0) is 30.3 Å². The summed E-state index contributed by atoms with van der Waals surface area (Å²) >= 11 is 12.2. The molecule has 25 heavy (non-hydrogen) atoms. The Bertz CT molecular complexity index is 892. The molecule has 1 aromatic heterocycles. The Balaban J connectivity index is 1.76. The summed E-state index contributed by atoms with van der Waals surface area (Å²) in [7, 11) is 0. The van der Waals surface area contributed by atoms with Crippen molar-refractivity contribution in [1.29, 1.82) is 0 Å². The molecular formula is C18H16Cl2N4O. The van der Waals surface area contributed by atoms with Gasteiger partial charge in [0, 0.05) is 34.2 Å². The number of halogens is 2. The van der Waals surface area contributed by atoms with Crippen LogP contribution in [-0.2, 0) is 4.74 Å². The minimum absolute atomic E-state index is 0.513. The van der Waals surface area contributed by atoms with Gasteiger partial charge in [0.05, 0.1) is 18.7 Å². The highest BCUT2D eigenvalue weighted by Crippen LogP contribution is 2.29. The largest absolute Gasteiger partial charge is 0.378 e. The molecule has 2 aromatic carbocycles. The number of aromatic nitrogens is 2. The lowest BCUT2D eigenvalue weighted by Crippen LogP contribution is -2.37. The van der Waals surface area contributed by atoms with Crippen LogP contribution >= 0.6 is 23.2 Å². The average Bonchev–Trinajstić information content (AvgIpc) is 2.61. The molecule has 1 saturated heterocycles. The molecular weight excluding hydrogens is 359 g/mol. The minimum Gasteiger partial charge on any atom is -0.378 e. The topological polar surface area (TPSA) is 50.3 Å². The van der Waals surface area contributed by atoms with E-state index >= 15 is 0 Å². The molecule has 1 fully saturated rings. The highest BCUT2D eigenvalue weighted by molar-refractivity contribution is 6.35. The molecule has 1 N–H and O–H groups in total. The first-order chi connectivity index (χ1) is 12.2. The Kier molecular flexibility index (Phi) is 4.61. The fraction of sp³-hybridized carbons (Fsp3) is 0.222. The van der Waals surface area contributed by atoms with Crippen LogP contribution in [0, 0.1) is 0 Å². The lowest BCUT2D eigenvalue weighted by molar-refractivity contribution is 0.122. The quantitative estimate of drug-likeness (QED) is 0.730. The van der Waals surface area contributed by atoms with Gasteiger partial charge in [-0.3, -0.25) is 0 Å². The smallest absolute Gasteiger partial charge is 0.229 e. The van der Waals surface area contributed by atoms with Crippen LogP contribution in [0.3, 0.4) is 0 Å². The van der Waals surface area contributed by atoms with Gasteiger partial charge in [-0.2, -0.15) is 4.98 Å². The van der Waals surface area contributed by atoms with E-state index in [0.717, 1.165) is 35.5 Å². The Morgan fingerprint density at radius 1 is 0.960 bits per heavy atom. The van der Waals surface area contributed by atoms with Crippen molar-refractivity contribution < 1.29 is 4.74 Å². The number of morpholine rings is 1. The minimum atomic E-state index is 0.513. The highest BCUT2D eigenvalue weighted by atomic mass is 35.5. The first kappa shape index (κ1) is 16.4. The van der Waals surface area contributed by atoms with Crippen molar-refractivity contribution >= 4 is 51.6 Å². The number of anilines is 3. The SMILES string of the molecule is Clc1cc(Cl)cc(Nc2nc(N3CCOCC3)c3ccccc3n2)c1. The summed E-state index contributed by atoms with van der Waals surface area (Å²) in [5.41, 5.74) is 1.63. The third-order valence-electron chi connectivity index (χ3n) is 4.01. The fourth-order valence-corrected chi connectivity index (χ4v) is 3.41. The molecule has 0 spiro atoms. The molecule has 0 unspecified atom stereocenters. The lowest BCUT2D eigenvalue weighted by atomic mass is 10.2. The van der Waals surface area contributed by atoms with Crippen LogP contribution in [0.25, 0.3) is 10.9 Å². The van der Waals surface area contributed by atoms with Crippen LogP contribution in [0.15, 0.2) is 42.5 Å². The number of para-hydroxylation sites is 1. The van der Waals surface area contributed by atoms with Gasteiger partial charge in [0.2, 0.25) is 5.95 Å². The van der Waals surface area contributed by atoms with Gasteiger partial charge in [-0.25, -0.2) is 4.98 Å². The van der Waals surface area contributed by atoms with Crippen LogP contribution in [0.5, 0.6) is 0 Å². The second-order valence-corrected chi connectivity index (χ2v) is 6.64. The van der Waals surface area contributed by atoms with Crippen molar-refractivity contribution in [3.8, 4) is 0 Å². The molecule has 4 rings (SSSR count). The van der Waals surface area contributed by atoms with Gasteiger partial charge < -0.3 is 15.0 Å². The fourth-order valence-electron chi connectivity index (χ4n) is 2.89. The summed E-state index contributed by atoms with van der Waals surface area (Å²) < 4.78 is 5.46. The van der Waals surface area contributed by atoms with Gasteiger partial charge in [0.1, 0.15) is 5.82 Å². The number of rotatable bonds is 3. The zero-order valence-corrected chi connectivity index (χ0v) is 14.9. The summed E-state index contributed by atoms with van der Waals surface area (Å²) in [5, 5.41) is 5.35. The average molecular weight is 375 g/mol. The third-order valence-corrected chi connectivity index (χ3v) is 4.45. The van der Waals surface area contributed by atoms with E-state index in [-0.39, 0.29) is 0 Å². The molecule has 7 heteroatoms. The molecule has 0 aliphatic carbocycles. The third kappa shape index (κ3) is 3.63. The molecule has 0 radical (unpaired) electrons. The van der Waals surface area contributed by atoms with Gasteiger partial charge in [-0.15, -0.1) is 0 Å². The predicted octanol–water partition coefficient (Wildman–Crippen LogP) is 4.52. The second-order valence-electron chi connectivity index (χ2n) is 5.77. The summed E-state index contributed by atoms with van der Waals surface area (Å²) in [5.74, 6) is 1.42. The molecule has 3 aromatic rings. The Hall–Kier alpha value is -2.08. The van der Waals surface area contributed by atoms with E-state index in [1.807, 2.05) is 24.3 Å². The van der Waals surface area contributed by atoms with Crippen molar-refractivity contribution in [2.24, 2.45) is 0 Å². The van der Waals surface area contributed by atoms with Crippen molar-refractivity contribution in [2.45, 2.75) is 0 Å². The zero-order chi connectivity index (χ0) is 17.2. The lowest BCUT2D eigenvalue weighted by Gasteiger charge is -2.29. The molecule has 0 saturated carbocycles. The summed E-state index contributed by atoms with van der Waals surface area (Å²) in [4.78, 5) is 11.6. The summed E-state index contributed by atoms with van der Waals surface area (Å²) in [6.45, 7) is 3.02. The molecule has 0 amide bonds. The molecule has 5 nitrogen and oxygen atoms in total. The standard InChI is InChI=1S/C18H16Cl2N4O/c19-12-9-13(20)11-14(10-12)21-18-22-16-4-2-1-3-15(16)17(23-18)24-5-7-25-8-6-24/h1-4,9-11H,5-8H2,(H,21,22,23). The van der Waals surface area contributed by atoms with E-state index in [1.54, 1.807) is 18.2 Å². The van der Waals surface area contributed by atoms with Crippen LogP contribution in [-0.4, -0.2) is 36.3 Å². The van der Waals surface area contributed by atoms with Crippen LogP contribution in [0.1, 0.15) is 0 Å². The normalized spacial score (nSPS) is 14.7. The van der Waals surface area contributed by atoms with Gasteiger partial charge >= 0.3 is 0 Å². The van der Waals surface area contributed by atoms with Crippen molar-refractivity contribution in [3.05, 3.63) is 52.5 Å².